The quantitative estimate of drug-likeness (QED) is 0.674. The third-order valence-corrected chi connectivity index (χ3v) is 4.57. The Bertz CT molecular complexity index is 253. The van der Waals surface area contributed by atoms with Gasteiger partial charge in [0, 0.05) is 13.0 Å². The third kappa shape index (κ3) is 6.42. The number of hydrogen-bond donors (Lipinski definition) is 2. The van der Waals surface area contributed by atoms with Gasteiger partial charge < -0.3 is 11.1 Å². The fraction of sp³-hybridized carbons (Fsp3) is 0.938. The van der Waals surface area contributed by atoms with E-state index in [4.69, 9.17) is 5.73 Å². The molecule has 112 valence electrons. The Morgan fingerprint density at radius 2 is 1.95 bits per heavy atom. The van der Waals surface area contributed by atoms with Gasteiger partial charge in [0.2, 0.25) is 5.91 Å². The number of carbonyl (C=O) groups is 1. The van der Waals surface area contributed by atoms with Crippen molar-refractivity contribution in [3.05, 3.63) is 0 Å². The van der Waals surface area contributed by atoms with Crippen molar-refractivity contribution in [2.45, 2.75) is 71.6 Å². The highest BCUT2D eigenvalue weighted by Gasteiger charge is 2.28. The van der Waals surface area contributed by atoms with E-state index in [0.29, 0.717) is 17.8 Å². The molecule has 1 fully saturated rings. The van der Waals surface area contributed by atoms with E-state index in [-0.39, 0.29) is 5.91 Å². The molecule has 0 bridgehead atoms. The number of nitrogens with two attached hydrogens (primary N) is 1. The Morgan fingerprint density at radius 1 is 1.26 bits per heavy atom. The second kappa shape index (κ2) is 8.57. The van der Waals surface area contributed by atoms with Crippen LogP contribution >= 0.6 is 0 Å². The van der Waals surface area contributed by atoms with Gasteiger partial charge in [-0.1, -0.05) is 39.5 Å². The van der Waals surface area contributed by atoms with Gasteiger partial charge in [0.05, 0.1) is 0 Å². The number of amides is 1. The zero-order valence-electron chi connectivity index (χ0n) is 12.8. The van der Waals surface area contributed by atoms with Crippen molar-refractivity contribution in [1.29, 1.82) is 0 Å². The molecule has 3 nitrogen and oxygen atoms in total. The Balaban J connectivity index is 2.19. The van der Waals surface area contributed by atoms with Crippen LogP contribution in [0.1, 0.15) is 71.6 Å². The fourth-order valence-corrected chi connectivity index (χ4v) is 3.22. The smallest absolute Gasteiger partial charge is 0.220 e. The molecule has 0 radical (unpaired) electrons. The molecule has 0 heterocycles. The number of hydrogen-bond acceptors (Lipinski definition) is 2. The summed E-state index contributed by atoms with van der Waals surface area (Å²) in [4.78, 5) is 11.9. The second-order valence-electron chi connectivity index (χ2n) is 6.57. The van der Waals surface area contributed by atoms with Crippen molar-refractivity contribution in [3.63, 3.8) is 0 Å². The average molecular weight is 268 g/mol. The molecule has 0 spiro atoms. The topological polar surface area (TPSA) is 55.1 Å². The summed E-state index contributed by atoms with van der Waals surface area (Å²) < 4.78 is 0. The van der Waals surface area contributed by atoms with Gasteiger partial charge in [0.25, 0.3) is 0 Å². The van der Waals surface area contributed by atoms with Gasteiger partial charge in [-0.2, -0.15) is 0 Å². The van der Waals surface area contributed by atoms with Crippen LogP contribution in [0.5, 0.6) is 0 Å². The first-order valence-electron chi connectivity index (χ1n) is 8.06. The van der Waals surface area contributed by atoms with Crippen molar-refractivity contribution >= 4 is 5.91 Å². The first-order valence-corrected chi connectivity index (χ1v) is 8.06. The highest BCUT2D eigenvalue weighted by molar-refractivity contribution is 5.75. The van der Waals surface area contributed by atoms with E-state index < -0.39 is 0 Å². The minimum absolute atomic E-state index is 0.228. The van der Waals surface area contributed by atoms with E-state index in [0.717, 1.165) is 25.9 Å². The number of rotatable bonds is 9. The van der Waals surface area contributed by atoms with Crippen molar-refractivity contribution in [1.82, 2.24) is 5.32 Å². The summed E-state index contributed by atoms with van der Waals surface area (Å²) in [7, 11) is 0. The highest BCUT2D eigenvalue weighted by atomic mass is 16.1. The molecule has 1 atom stereocenters. The molecule has 0 aromatic rings. The van der Waals surface area contributed by atoms with Gasteiger partial charge >= 0.3 is 0 Å². The molecular weight excluding hydrogens is 236 g/mol. The molecule has 0 aromatic carbocycles. The lowest BCUT2D eigenvalue weighted by molar-refractivity contribution is -0.121. The predicted octanol–water partition coefficient (Wildman–Crippen LogP) is 3.23. The van der Waals surface area contributed by atoms with Crippen molar-refractivity contribution in [2.75, 3.05) is 13.1 Å². The molecule has 19 heavy (non-hydrogen) atoms. The lowest BCUT2D eigenvalue weighted by Gasteiger charge is -2.24. The molecule has 0 saturated heterocycles. The molecule has 1 aliphatic rings. The molecule has 0 aromatic heterocycles. The maximum absolute atomic E-state index is 11.9. The monoisotopic (exact) mass is 268 g/mol. The molecule has 3 N–H and O–H groups in total. The summed E-state index contributed by atoms with van der Waals surface area (Å²) in [5.41, 5.74) is 5.98. The van der Waals surface area contributed by atoms with Crippen LogP contribution in [0.15, 0.2) is 0 Å². The van der Waals surface area contributed by atoms with E-state index in [1.807, 2.05) is 0 Å². The van der Waals surface area contributed by atoms with E-state index in [1.165, 1.54) is 38.5 Å². The Hall–Kier alpha value is -0.570. The van der Waals surface area contributed by atoms with Crippen molar-refractivity contribution in [3.8, 4) is 0 Å². The molecule has 1 unspecified atom stereocenters. The van der Waals surface area contributed by atoms with Gasteiger partial charge in [-0.3, -0.25) is 4.79 Å². The van der Waals surface area contributed by atoms with Crippen LogP contribution in [0.2, 0.25) is 0 Å². The van der Waals surface area contributed by atoms with E-state index in [1.54, 1.807) is 0 Å². The Labute approximate surface area is 118 Å². The number of nitrogens with one attached hydrogen (secondary N) is 1. The van der Waals surface area contributed by atoms with Crippen LogP contribution in [-0.4, -0.2) is 19.0 Å². The predicted molar refractivity (Wildman–Crippen MR) is 80.9 cm³/mol. The molecule has 1 saturated carbocycles. The van der Waals surface area contributed by atoms with Crippen LogP contribution in [0.3, 0.4) is 0 Å². The highest BCUT2D eigenvalue weighted by Crippen LogP contribution is 2.36. The normalized spacial score (nSPS) is 19.3. The summed E-state index contributed by atoms with van der Waals surface area (Å²) in [6.45, 7) is 6.10. The molecule has 1 amide bonds. The summed E-state index contributed by atoms with van der Waals surface area (Å²) in [5.74, 6) is 0.856. The van der Waals surface area contributed by atoms with E-state index in [9.17, 15) is 4.79 Å². The minimum atomic E-state index is 0.228. The molecule has 0 aliphatic heterocycles. The Kier molecular flexibility index (Phi) is 7.44. The minimum Gasteiger partial charge on any atom is -0.356 e. The summed E-state index contributed by atoms with van der Waals surface area (Å²) >= 11 is 0. The van der Waals surface area contributed by atoms with Gasteiger partial charge in [0.1, 0.15) is 0 Å². The first kappa shape index (κ1) is 16.5. The largest absolute Gasteiger partial charge is 0.356 e. The molecule has 1 rings (SSSR count). The molecule has 1 aliphatic carbocycles. The van der Waals surface area contributed by atoms with Crippen LogP contribution in [0.25, 0.3) is 0 Å². The summed E-state index contributed by atoms with van der Waals surface area (Å²) in [6, 6.07) is 0. The van der Waals surface area contributed by atoms with E-state index in [2.05, 4.69) is 19.2 Å². The average Bonchev–Trinajstić information content (AvgIpc) is 2.82. The summed E-state index contributed by atoms with van der Waals surface area (Å²) in [6.07, 6.45) is 10.3. The zero-order valence-corrected chi connectivity index (χ0v) is 12.8. The van der Waals surface area contributed by atoms with Gasteiger partial charge in [-0.15, -0.1) is 0 Å². The lowest BCUT2D eigenvalue weighted by Crippen LogP contribution is -2.34. The fourth-order valence-electron chi connectivity index (χ4n) is 3.22. The van der Waals surface area contributed by atoms with Gasteiger partial charge in [-0.25, -0.2) is 0 Å². The van der Waals surface area contributed by atoms with Crippen molar-refractivity contribution in [2.24, 2.45) is 17.1 Å². The van der Waals surface area contributed by atoms with Crippen LogP contribution in [-0.2, 0) is 4.79 Å². The van der Waals surface area contributed by atoms with Crippen molar-refractivity contribution < 1.29 is 4.79 Å². The van der Waals surface area contributed by atoms with Gasteiger partial charge in [-0.05, 0) is 43.6 Å². The zero-order chi connectivity index (χ0) is 14.1. The van der Waals surface area contributed by atoms with Crippen LogP contribution in [0, 0.1) is 11.3 Å². The second-order valence-corrected chi connectivity index (χ2v) is 6.57. The summed E-state index contributed by atoms with van der Waals surface area (Å²) in [5, 5.41) is 3.13. The first-order chi connectivity index (χ1) is 9.09. The third-order valence-electron chi connectivity index (χ3n) is 4.57. The lowest BCUT2D eigenvalue weighted by atomic mass is 9.89. The van der Waals surface area contributed by atoms with Crippen LogP contribution in [0.4, 0.5) is 0 Å². The standard InChI is InChI=1S/C16H32N2O/c1-3-6-14(9-12-17)7-8-15(19)18-13-16(2)10-4-5-11-16/h14H,3-13,17H2,1-2H3,(H,18,19). The number of carbonyl (C=O) groups excluding carboxylic acids is 1. The van der Waals surface area contributed by atoms with E-state index >= 15 is 0 Å². The SMILES string of the molecule is CCCC(CCN)CCC(=O)NCC1(C)CCCC1. The Morgan fingerprint density at radius 3 is 2.53 bits per heavy atom. The molecular formula is C16H32N2O. The van der Waals surface area contributed by atoms with Gasteiger partial charge in [0.15, 0.2) is 0 Å². The maximum Gasteiger partial charge on any atom is 0.220 e. The maximum atomic E-state index is 11.9. The molecule has 3 heteroatoms. The van der Waals surface area contributed by atoms with Crippen LogP contribution < -0.4 is 11.1 Å².